The molecule has 1 saturated heterocycles. The van der Waals surface area contributed by atoms with Crippen LogP contribution in [0.1, 0.15) is 47.4 Å². The summed E-state index contributed by atoms with van der Waals surface area (Å²) in [5.74, 6) is 0.523. The number of nitrogens with zero attached hydrogens (tertiary/aromatic N) is 3. The van der Waals surface area contributed by atoms with E-state index >= 15 is 0 Å². The van der Waals surface area contributed by atoms with Gasteiger partial charge in [0.2, 0.25) is 5.82 Å². The van der Waals surface area contributed by atoms with E-state index in [0.717, 1.165) is 32.4 Å². The van der Waals surface area contributed by atoms with Crippen LogP contribution in [0.4, 0.5) is 0 Å². The molecule has 0 bridgehead atoms. The smallest absolute Gasteiger partial charge is 0.291 e. The summed E-state index contributed by atoms with van der Waals surface area (Å²) in [5, 5.41) is 10.8. The summed E-state index contributed by atoms with van der Waals surface area (Å²) < 4.78 is 1.82. The minimum Gasteiger partial charge on any atom is -0.346 e. The van der Waals surface area contributed by atoms with E-state index in [-0.39, 0.29) is 30.2 Å². The van der Waals surface area contributed by atoms with Crippen molar-refractivity contribution in [2.75, 3.05) is 13.1 Å². The number of nitrogens with one attached hydrogen (secondary N) is 2. The molecule has 2 fully saturated rings. The number of carbonyl (C=O) groups excluding carboxylic acids is 1. The molecule has 3 unspecified atom stereocenters. The maximum atomic E-state index is 12.3. The number of amides is 1. The monoisotopic (exact) mass is 347 g/mol. The molecule has 4 rings (SSSR count). The van der Waals surface area contributed by atoms with Crippen LogP contribution in [0.25, 0.3) is 0 Å². The lowest BCUT2D eigenvalue weighted by Gasteiger charge is -2.22. The van der Waals surface area contributed by atoms with Gasteiger partial charge in [0.05, 0.1) is 6.04 Å². The van der Waals surface area contributed by atoms with Gasteiger partial charge >= 0.3 is 0 Å². The summed E-state index contributed by atoms with van der Waals surface area (Å²) in [7, 11) is 0. The molecule has 1 amide bonds. The van der Waals surface area contributed by atoms with Crippen LogP contribution in [0.15, 0.2) is 36.7 Å². The summed E-state index contributed by atoms with van der Waals surface area (Å²) in [6.07, 6.45) is 4.88. The Morgan fingerprint density at radius 2 is 2.12 bits per heavy atom. The molecule has 1 saturated carbocycles. The fourth-order valence-corrected chi connectivity index (χ4v) is 3.27. The molecule has 0 spiro atoms. The first-order valence-electron chi connectivity index (χ1n) is 8.29. The Morgan fingerprint density at radius 1 is 1.29 bits per heavy atom. The maximum Gasteiger partial charge on any atom is 0.291 e. The molecule has 7 heteroatoms. The SMILES string of the molecule is Cl.O=C(NC1CC1c1ccccc1)c1ncn(C2CCCNC2)n1. The van der Waals surface area contributed by atoms with Gasteiger partial charge in [-0.1, -0.05) is 30.3 Å². The molecule has 128 valence electrons. The fourth-order valence-electron chi connectivity index (χ4n) is 3.27. The third kappa shape index (κ3) is 3.60. The standard InChI is InChI=1S/C17H21N5O.ClH/c23-17(20-15-9-14(15)12-5-2-1-3-6-12)16-19-11-22(21-16)13-7-4-8-18-10-13;/h1-3,5-6,11,13-15,18H,4,7-10H2,(H,20,23);1H. The van der Waals surface area contributed by atoms with E-state index in [1.54, 1.807) is 6.33 Å². The summed E-state index contributed by atoms with van der Waals surface area (Å²) in [4.78, 5) is 16.5. The third-order valence-corrected chi connectivity index (χ3v) is 4.69. The molecule has 3 atom stereocenters. The van der Waals surface area contributed by atoms with Gasteiger partial charge < -0.3 is 10.6 Å². The van der Waals surface area contributed by atoms with Gasteiger partial charge in [0.1, 0.15) is 6.33 Å². The molecule has 24 heavy (non-hydrogen) atoms. The Bertz CT molecular complexity index is 683. The van der Waals surface area contributed by atoms with Crippen LogP contribution in [0.2, 0.25) is 0 Å². The van der Waals surface area contributed by atoms with Gasteiger partial charge in [-0.3, -0.25) is 4.79 Å². The number of benzene rings is 1. The second kappa shape index (κ2) is 7.32. The summed E-state index contributed by atoms with van der Waals surface area (Å²) in [6, 6.07) is 10.8. The van der Waals surface area contributed by atoms with Gasteiger partial charge in [-0.25, -0.2) is 9.67 Å². The highest BCUT2D eigenvalue weighted by molar-refractivity contribution is 5.90. The van der Waals surface area contributed by atoms with E-state index in [4.69, 9.17) is 0 Å². The number of aromatic nitrogens is 3. The van der Waals surface area contributed by atoms with Crippen molar-refractivity contribution in [2.45, 2.75) is 37.3 Å². The number of hydrogen-bond acceptors (Lipinski definition) is 4. The Balaban J connectivity index is 0.00000169. The third-order valence-electron chi connectivity index (χ3n) is 4.69. The van der Waals surface area contributed by atoms with E-state index in [0.29, 0.717) is 12.0 Å². The number of rotatable bonds is 4. The Hall–Kier alpha value is -1.92. The average Bonchev–Trinajstić information content (AvgIpc) is 3.19. The van der Waals surface area contributed by atoms with Crippen molar-refractivity contribution in [1.29, 1.82) is 0 Å². The minimum atomic E-state index is -0.170. The lowest BCUT2D eigenvalue weighted by molar-refractivity contribution is 0.0939. The van der Waals surface area contributed by atoms with Crippen molar-refractivity contribution in [2.24, 2.45) is 0 Å². The molecule has 1 aromatic heterocycles. The second-order valence-corrected chi connectivity index (χ2v) is 6.38. The molecule has 6 nitrogen and oxygen atoms in total. The van der Waals surface area contributed by atoms with Gasteiger partial charge in [-0.15, -0.1) is 17.5 Å². The number of piperidine rings is 1. The predicted molar refractivity (Wildman–Crippen MR) is 93.5 cm³/mol. The van der Waals surface area contributed by atoms with E-state index in [1.807, 2.05) is 22.9 Å². The molecular weight excluding hydrogens is 326 g/mol. The van der Waals surface area contributed by atoms with E-state index in [9.17, 15) is 4.79 Å². The van der Waals surface area contributed by atoms with Gasteiger partial charge in [0.15, 0.2) is 0 Å². The molecule has 2 aliphatic rings. The van der Waals surface area contributed by atoms with Gasteiger partial charge in [-0.05, 0) is 31.4 Å². The maximum absolute atomic E-state index is 12.3. The van der Waals surface area contributed by atoms with Crippen molar-refractivity contribution in [3.05, 3.63) is 48.0 Å². The van der Waals surface area contributed by atoms with Crippen LogP contribution in [0.3, 0.4) is 0 Å². The van der Waals surface area contributed by atoms with E-state index in [2.05, 4.69) is 32.8 Å². The zero-order valence-corrected chi connectivity index (χ0v) is 14.2. The van der Waals surface area contributed by atoms with Crippen LogP contribution in [0, 0.1) is 0 Å². The van der Waals surface area contributed by atoms with Crippen LogP contribution < -0.4 is 10.6 Å². The first-order chi connectivity index (χ1) is 11.3. The van der Waals surface area contributed by atoms with Crippen LogP contribution in [0.5, 0.6) is 0 Å². The van der Waals surface area contributed by atoms with Crippen molar-refractivity contribution >= 4 is 18.3 Å². The Morgan fingerprint density at radius 3 is 2.88 bits per heavy atom. The van der Waals surface area contributed by atoms with E-state index < -0.39 is 0 Å². The van der Waals surface area contributed by atoms with Gasteiger partial charge in [-0.2, -0.15) is 0 Å². The Labute approximate surface area is 147 Å². The van der Waals surface area contributed by atoms with Crippen LogP contribution in [-0.4, -0.2) is 39.8 Å². The molecule has 2 aromatic rings. The highest BCUT2D eigenvalue weighted by Gasteiger charge is 2.40. The normalized spacial score (nSPS) is 25.6. The zero-order chi connectivity index (χ0) is 15.6. The summed E-state index contributed by atoms with van der Waals surface area (Å²) in [6.45, 7) is 1.95. The number of halogens is 1. The molecular formula is C17H22ClN5O. The second-order valence-electron chi connectivity index (χ2n) is 6.38. The largest absolute Gasteiger partial charge is 0.346 e. The quantitative estimate of drug-likeness (QED) is 0.886. The molecule has 1 aromatic carbocycles. The fraction of sp³-hybridized carbons (Fsp3) is 0.471. The van der Waals surface area contributed by atoms with Gasteiger partial charge in [0.25, 0.3) is 5.91 Å². The van der Waals surface area contributed by atoms with Crippen molar-refractivity contribution < 1.29 is 4.79 Å². The van der Waals surface area contributed by atoms with Gasteiger partial charge in [0, 0.05) is 18.5 Å². The topological polar surface area (TPSA) is 71.8 Å². The highest BCUT2D eigenvalue weighted by Crippen LogP contribution is 2.40. The number of hydrogen-bond donors (Lipinski definition) is 2. The van der Waals surface area contributed by atoms with Crippen molar-refractivity contribution in [1.82, 2.24) is 25.4 Å². The highest BCUT2D eigenvalue weighted by atomic mass is 35.5. The zero-order valence-electron chi connectivity index (χ0n) is 13.4. The minimum absolute atomic E-state index is 0. The first-order valence-corrected chi connectivity index (χ1v) is 8.29. The lowest BCUT2D eigenvalue weighted by atomic mass is 10.1. The Kier molecular flexibility index (Phi) is 5.16. The summed E-state index contributed by atoms with van der Waals surface area (Å²) in [5.41, 5.74) is 1.28. The van der Waals surface area contributed by atoms with Crippen molar-refractivity contribution in [3.63, 3.8) is 0 Å². The van der Waals surface area contributed by atoms with Crippen LogP contribution in [-0.2, 0) is 0 Å². The first kappa shape index (κ1) is 16.9. The molecule has 2 heterocycles. The average molecular weight is 348 g/mol. The van der Waals surface area contributed by atoms with Crippen molar-refractivity contribution in [3.8, 4) is 0 Å². The molecule has 1 aliphatic carbocycles. The number of carbonyl (C=O) groups is 1. The predicted octanol–water partition coefficient (Wildman–Crippen LogP) is 1.91. The van der Waals surface area contributed by atoms with E-state index in [1.165, 1.54) is 5.56 Å². The molecule has 0 radical (unpaired) electrons. The summed E-state index contributed by atoms with van der Waals surface area (Å²) >= 11 is 0. The molecule has 2 N–H and O–H groups in total. The molecule has 1 aliphatic heterocycles. The lowest BCUT2D eigenvalue weighted by Crippen LogP contribution is -2.32. The van der Waals surface area contributed by atoms with Crippen LogP contribution >= 0.6 is 12.4 Å².